The summed E-state index contributed by atoms with van der Waals surface area (Å²) in [6, 6.07) is 18.6. The zero-order chi connectivity index (χ0) is 23.3. The fourth-order valence-corrected chi connectivity index (χ4v) is 3.53. The summed E-state index contributed by atoms with van der Waals surface area (Å²) in [5, 5.41) is 14.3. The molecule has 9 nitrogen and oxygen atoms in total. The maximum Gasteiger partial charge on any atom is 0.252 e. The van der Waals surface area contributed by atoms with Crippen LogP contribution in [0.4, 0.5) is 11.6 Å². The molecule has 168 valence electrons. The fourth-order valence-electron chi connectivity index (χ4n) is 3.53. The molecule has 1 aliphatic rings. The maximum atomic E-state index is 12.0. The lowest BCUT2D eigenvalue weighted by Gasteiger charge is -2.13. The van der Waals surface area contributed by atoms with E-state index in [1.165, 1.54) is 0 Å². The zero-order valence-electron chi connectivity index (χ0n) is 18.1. The standard InChI is InChI=1S/C25H20N6O3/c26-10-12-27-24(32)18-3-1-17(2-4-18)21-9-11-28-25(30-21)29-19-5-7-20(8-6-19)31-15-22-23(16-31)34-14-13-33-22/h1-9,11,15-16H,12-14H2,(H,27,32)(H,28,29,30). The van der Waals surface area contributed by atoms with Gasteiger partial charge in [0.05, 0.1) is 24.2 Å². The van der Waals surface area contributed by atoms with Gasteiger partial charge in [-0.25, -0.2) is 9.97 Å². The Morgan fingerprint density at radius 2 is 1.71 bits per heavy atom. The van der Waals surface area contributed by atoms with E-state index in [1.54, 1.807) is 24.4 Å². The maximum absolute atomic E-state index is 12.0. The first-order valence-electron chi connectivity index (χ1n) is 10.6. The first-order chi connectivity index (χ1) is 16.7. The zero-order valence-corrected chi connectivity index (χ0v) is 18.1. The van der Waals surface area contributed by atoms with Crippen molar-refractivity contribution in [1.82, 2.24) is 19.9 Å². The summed E-state index contributed by atoms with van der Waals surface area (Å²) in [5.74, 6) is 1.66. The SMILES string of the molecule is N#CCNC(=O)c1ccc(-c2ccnc(Nc3ccc(-n4cc5c(c4)OCCO5)cc3)n2)cc1. The van der Waals surface area contributed by atoms with Crippen molar-refractivity contribution in [3.8, 4) is 34.5 Å². The van der Waals surface area contributed by atoms with Crippen LogP contribution < -0.4 is 20.1 Å². The Bertz CT molecular complexity index is 1330. The predicted molar refractivity (Wildman–Crippen MR) is 125 cm³/mol. The van der Waals surface area contributed by atoms with E-state index in [9.17, 15) is 4.79 Å². The minimum Gasteiger partial charge on any atom is -0.485 e. The monoisotopic (exact) mass is 452 g/mol. The van der Waals surface area contributed by atoms with E-state index in [1.807, 2.05) is 59.4 Å². The molecule has 0 saturated carbocycles. The predicted octanol–water partition coefficient (Wildman–Crippen LogP) is 3.70. The van der Waals surface area contributed by atoms with E-state index in [2.05, 4.69) is 20.6 Å². The van der Waals surface area contributed by atoms with Crippen LogP contribution in [0.1, 0.15) is 10.4 Å². The lowest BCUT2D eigenvalue weighted by Crippen LogP contribution is -2.23. The number of ether oxygens (including phenoxy) is 2. The molecule has 34 heavy (non-hydrogen) atoms. The number of rotatable bonds is 6. The second kappa shape index (κ2) is 9.34. The van der Waals surface area contributed by atoms with Gasteiger partial charge in [-0.3, -0.25) is 4.79 Å². The minimum absolute atomic E-state index is 0.0289. The molecule has 0 saturated heterocycles. The largest absolute Gasteiger partial charge is 0.485 e. The molecule has 2 aromatic carbocycles. The smallest absolute Gasteiger partial charge is 0.252 e. The van der Waals surface area contributed by atoms with Crippen LogP contribution in [-0.2, 0) is 0 Å². The molecule has 2 aromatic heterocycles. The molecular weight excluding hydrogens is 432 g/mol. The molecule has 0 bridgehead atoms. The van der Waals surface area contributed by atoms with Crippen molar-refractivity contribution in [2.45, 2.75) is 0 Å². The van der Waals surface area contributed by atoms with Crippen molar-refractivity contribution in [3.63, 3.8) is 0 Å². The van der Waals surface area contributed by atoms with Crippen LogP contribution in [0, 0.1) is 11.3 Å². The van der Waals surface area contributed by atoms with Crippen LogP contribution in [0.2, 0.25) is 0 Å². The van der Waals surface area contributed by atoms with Crippen molar-refractivity contribution in [1.29, 1.82) is 5.26 Å². The molecule has 0 fully saturated rings. The van der Waals surface area contributed by atoms with E-state index >= 15 is 0 Å². The summed E-state index contributed by atoms with van der Waals surface area (Å²) in [7, 11) is 0. The summed E-state index contributed by atoms with van der Waals surface area (Å²) in [4.78, 5) is 20.9. The third-order valence-electron chi connectivity index (χ3n) is 5.20. The number of nitriles is 1. The van der Waals surface area contributed by atoms with Gasteiger partial charge < -0.3 is 24.7 Å². The van der Waals surface area contributed by atoms with Crippen LogP contribution in [0.3, 0.4) is 0 Å². The highest BCUT2D eigenvalue weighted by molar-refractivity contribution is 5.94. The molecule has 1 amide bonds. The second-order valence-corrected chi connectivity index (χ2v) is 7.45. The van der Waals surface area contributed by atoms with Gasteiger partial charge in [0.15, 0.2) is 11.5 Å². The van der Waals surface area contributed by atoms with Crippen molar-refractivity contribution in [3.05, 3.63) is 78.8 Å². The molecule has 0 aliphatic carbocycles. The van der Waals surface area contributed by atoms with Gasteiger partial charge in [-0.2, -0.15) is 5.26 Å². The van der Waals surface area contributed by atoms with Gasteiger partial charge in [0.2, 0.25) is 5.95 Å². The number of fused-ring (bicyclic) bond motifs is 1. The Kier molecular flexibility index (Phi) is 5.78. The van der Waals surface area contributed by atoms with Crippen molar-refractivity contribution in [2.75, 3.05) is 25.1 Å². The number of anilines is 2. The first kappa shape index (κ1) is 21.0. The summed E-state index contributed by atoms with van der Waals surface area (Å²) in [6.07, 6.45) is 5.49. The topological polar surface area (TPSA) is 114 Å². The average molecular weight is 452 g/mol. The highest BCUT2D eigenvalue weighted by Gasteiger charge is 2.15. The number of nitrogens with one attached hydrogen (secondary N) is 2. The number of benzene rings is 2. The number of hydrogen-bond donors (Lipinski definition) is 2. The van der Waals surface area contributed by atoms with Crippen molar-refractivity contribution >= 4 is 17.5 Å². The van der Waals surface area contributed by atoms with Crippen LogP contribution in [0.15, 0.2) is 73.2 Å². The Balaban J connectivity index is 1.28. The van der Waals surface area contributed by atoms with Gasteiger partial charge in [-0.05, 0) is 42.5 Å². The summed E-state index contributed by atoms with van der Waals surface area (Å²) in [6.45, 7) is 1.08. The molecule has 0 atom stereocenters. The molecular formula is C25H20N6O3. The Labute approximate surface area is 195 Å². The van der Waals surface area contributed by atoms with Gasteiger partial charge in [0.25, 0.3) is 5.91 Å². The van der Waals surface area contributed by atoms with Crippen LogP contribution in [0.25, 0.3) is 16.9 Å². The fraction of sp³-hybridized carbons (Fsp3) is 0.120. The van der Waals surface area contributed by atoms with Gasteiger partial charge in [0, 0.05) is 28.7 Å². The van der Waals surface area contributed by atoms with Gasteiger partial charge in [-0.1, -0.05) is 12.1 Å². The molecule has 9 heteroatoms. The number of hydrogen-bond acceptors (Lipinski definition) is 7. The molecule has 3 heterocycles. The van der Waals surface area contributed by atoms with E-state index in [0.29, 0.717) is 24.7 Å². The Morgan fingerprint density at radius 3 is 2.38 bits per heavy atom. The number of carbonyl (C=O) groups excluding carboxylic acids is 1. The van der Waals surface area contributed by atoms with Crippen LogP contribution >= 0.6 is 0 Å². The number of nitrogens with zero attached hydrogens (tertiary/aromatic N) is 4. The number of aromatic nitrogens is 3. The quantitative estimate of drug-likeness (QED) is 0.429. The third-order valence-corrected chi connectivity index (χ3v) is 5.20. The lowest BCUT2D eigenvalue weighted by atomic mass is 10.1. The highest BCUT2D eigenvalue weighted by atomic mass is 16.6. The minimum atomic E-state index is -0.290. The molecule has 1 aliphatic heterocycles. The van der Waals surface area contributed by atoms with Gasteiger partial charge in [0.1, 0.15) is 19.8 Å². The molecule has 2 N–H and O–H groups in total. The first-order valence-corrected chi connectivity index (χ1v) is 10.6. The van der Waals surface area contributed by atoms with E-state index < -0.39 is 0 Å². The van der Waals surface area contributed by atoms with Crippen LogP contribution in [-0.4, -0.2) is 40.2 Å². The second-order valence-electron chi connectivity index (χ2n) is 7.45. The lowest BCUT2D eigenvalue weighted by molar-refractivity contribution is 0.0958. The number of carbonyl (C=O) groups is 1. The normalized spacial score (nSPS) is 12.0. The van der Waals surface area contributed by atoms with Crippen molar-refractivity contribution in [2.24, 2.45) is 0 Å². The van der Waals surface area contributed by atoms with E-state index in [-0.39, 0.29) is 12.5 Å². The highest BCUT2D eigenvalue weighted by Crippen LogP contribution is 2.32. The molecule has 4 aromatic rings. The Morgan fingerprint density at radius 1 is 1.00 bits per heavy atom. The summed E-state index contributed by atoms with van der Waals surface area (Å²) >= 11 is 0. The summed E-state index contributed by atoms with van der Waals surface area (Å²) in [5.41, 5.74) is 3.86. The molecule has 0 radical (unpaired) electrons. The van der Waals surface area contributed by atoms with Crippen LogP contribution in [0.5, 0.6) is 11.5 Å². The van der Waals surface area contributed by atoms with Gasteiger partial charge in [-0.15, -0.1) is 0 Å². The molecule has 5 rings (SSSR count). The van der Waals surface area contributed by atoms with Gasteiger partial charge >= 0.3 is 0 Å². The Hall–Kier alpha value is -4.84. The molecule has 0 unspecified atom stereocenters. The van der Waals surface area contributed by atoms with E-state index in [4.69, 9.17) is 14.7 Å². The number of amides is 1. The van der Waals surface area contributed by atoms with Crippen molar-refractivity contribution < 1.29 is 14.3 Å². The van der Waals surface area contributed by atoms with E-state index in [0.717, 1.165) is 34.1 Å². The molecule has 0 spiro atoms. The third kappa shape index (κ3) is 4.52. The average Bonchev–Trinajstić information content (AvgIpc) is 3.32. The summed E-state index contributed by atoms with van der Waals surface area (Å²) < 4.78 is 13.2.